The third-order valence-electron chi connectivity index (χ3n) is 3.33. The molecule has 4 nitrogen and oxygen atoms in total. The van der Waals surface area contributed by atoms with Crippen LogP contribution in [0.4, 0.5) is 18.9 Å². The SMILES string of the molecule is O=C(O)C1(C(=O)Nc2ccc(F)c(F)c2F)CCC1. The normalized spacial score (nSPS) is 16.6. The van der Waals surface area contributed by atoms with Crippen LogP contribution in [0.3, 0.4) is 0 Å². The van der Waals surface area contributed by atoms with Crippen molar-refractivity contribution in [2.24, 2.45) is 5.41 Å². The minimum absolute atomic E-state index is 0.138. The molecule has 1 saturated carbocycles. The molecule has 0 saturated heterocycles. The van der Waals surface area contributed by atoms with Crippen molar-refractivity contribution in [3.8, 4) is 0 Å². The molecule has 0 aromatic heterocycles. The van der Waals surface area contributed by atoms with Gasteiger partial charge in [0.1, 0.15) is 5.41 Å². The lowest BCUT2D eigenvalue weighted by atomic mass is 9.68. The van der Waals surface area contributed by atoms with Crippen LogP contribution in [0.1, 0.15) is 19.3 Å². The van der Waals surface area contributed by atoms with Gasteiger partial charge in [0.15, 0.2) is 17.5 Å². The summed E-state index contributed by atoms with van der Waals surface area (Å²) in [6.45, 7) is 0. The Balaban J connectivity index is 2.25. The summed E-state index contributed by atoms with van der Waals surface area (Å²) in [6.07, 6.45) is 0.846. The molecule has 0 unspecified atom stereocenters. The zero-order valence-electron chi connectivity index (χ0n) is 9.67. The maximum absolute atomic E-state index is 13.4. The Kier molecular flexibility index (Phi) is 3.21. The molecule has 1 fully saturated rings. The van der Waals surface area contributed by atoms with Gasteiger partial charge in [-0.05, 0) is 25.0 Å². The van der Waals surface area contributed by atoms with Crippen molar-refractivity contribution >= 4 is 17.6 Å². The maximum Gasteiger partial charge on any atom is 0.319 e. The molecule has 1 aliphatic rings. The number of halogens is 3. The number of carbonyl (C=O) groups is 2. The highest BCUT2D eigenvalue weighted by molar-refractivity contribution is 6.09. The van der Waals surface area contributed by atoms with Crippen molar-refractivity contribution in [3.05, 3.63) is 29.6 Å². The van der Waals surface area contributed by atoms with Crippen molar-refractivity contribution < 1.29 is 27.9 Å². The van der Waals surface area contributed by atoms with E-state index in [1.807, 2.05) is 5.32 Å². The Morgan fingerprint density at radius 1 is 1.16 bits per heavy atom. The van der Waals surface area contributed by atoms with Crippen molar-refractivity contribution in [1.29, 1.82) is 0 Å². The van der Waals surface area contributed by atoms with Crippen molar-refractivity contribution in [2.45, 2.75) is 19.3 Å². The molecule has 0 heterocycles. The van der Waals surface area contributed by atoms with E-state index in [0.29, 0.717) is 12.5 Å². The molecule has 2 N–H and O–H groups in total. The fraction of sp³-hybridized carbons (Fsp3) is 0.333. The second-order valence-corrected chi connectivity index (χ2v) is 4.42. The number of hydrogen-bond donors (Lipinski definition) is 2. The highest BCUT2D eigenvalue weighted by Crippen LogP contribution is 2.42. The Labute approximate surface area is 106 Å². The van der Waals surface area contributed by atoms with Gasteiger partial charge in [0.25, 0.3) is 0 Å². The van der Waals surface area contributed by atoms with Crippen molar-refractivity contribution in [1.82, 2.24) is 0 Å². The quantitative estimate of drug-likeness (QED) is 0.656. The zero-order valence-corrected chi connectivity index (χ0v) is 9.67. The Morgan fingerprint density at radius 2 is 1.79 bits per heavy atom. The van der Waals surface area contributed by atoms with E-state index in [4.69, 9.17) is 5.11 Å². The monoisotopic (exact) mass is 273 g/mol. The topological polar surface area (TPSA) is 66.4 Å². The zero-order chi connectivity index (χ0) is 14.2. The molecule has 19 heavy (non-hydrogen) atoms. The maximum atomic E-state index is 13.4. The average molecular weight is 273 g/mol. The summed E-state index contributed by atoms with van der Waals surface area (Å²) < 4.78 is 39.0. The van der Waals surface area contributed by atoms with E-state index in [1.165, 1.54) is 0 Å². The molecule has 1 aromatic rings. The third kappa shape index (κ3) is 2.05. The summed E-state index contributed by atoms with van der Waals surface area (Å²) in [5.74, 6) is -6.87. The Morgan fingerprint density at radius 3 is 2.26 bits per heavy atom. The van der Waals surface area contributed by atoms with Crippen LogP contribution < -0.4 is 5.32 Å². The average Bonchev–Trinajstić information content (AvgIpc) is 2.28. The molecule has 2 rings (SSSR count). The van der Waals surface area contributed by atoms with Gasteiger partial charge in [-0.15, -0.1) is 0 Å². The Bertz CT molecular complexity index is 555. The molecule has 0 aliphatic heterocycles. The molecule has 7 heteroatoms. The predicted molar refractivity (Wildman–Crippen MR) is 58.9 cm³/mol. The van der Waals surface area contributed by atoms with Crippen LogP contribution in [0.15, 0.2) is 12.1 Å². The summed E-state index contributed by atoms with van der Waals surface area (Å²) in [6, 6.07) is 1.50. The van der Waals surface area contributed by atoms with Crippen LogP contribution in [0.5, 0.6) is 0 Å². The van der Waals surface area contributed by atoms with E-state index >= 15 is 0 Å². The predicted octanol–water partition coefficient (Wildman–Crippen LogP) is 2.30. The summed E-state index contributed by atoms with van der Waals surface area (Å²) >= 11 is 0. The second kappa shape index (κ2) is 4.56. The van der Waals surface area contributed by atoms with E-state index < -0.39 is 40.4 Å². The number of nitrogens with one attached hydrogen (secondary N) is 1. The molecule has 0 atom stereocenters. The van der Waals surface area contributed by atoms with Gasteiger partial charge in [0, 0.05) is 0 Å². The van der Waals surface area contributed by atoms with E-state index in [1.54, 1.807) is 0 Å². The number of amides is 1. The number of carbonyl (C=O) groups excluding carboxylic acids is 1. The molecule has 0 radical (unpaired) electrons. The number of carboxylic acids is 1. The number of benzene rings is 1. The van der Waals surface area contributed by atoms with E-state index in [0.717, 1.165) is 6.07 Å². The largest absolute Gasteiger partial charge is 0.480 e. The molecule has 1 amide bonds. The first-order valence-electron chi connectivity index (χ1n) is 5.57. The number of rotatable bonds is 3. The summed E-state index contributed by atoms with van der Waals surface area (Å²) in [7, 11) is 0. The van der Waals surface area contributed by atoms with Gasteiger partial charge in [-0.3, -0.25) is 9.59 Å². The number of aliphatic carboxylic acids is 1. The first kappa shape index (κ1) is 13.4. The lowest BCUT2D eigenvalue weighted by molar-refractivity contribution is -0.159. The van der Waals surface area contributed by atoms with Gasteiger partial charge in [-0.25, -0.2) is 13.2 Å². The summed E-state index contributed by atoms with van der Waals surface area (Å²) in [5.41, 5.74) is -2.17. The highest BCUT2D eigenvalue weighted by Gasteiger charge is 2.51. The van der Waals surface area contributed by atoms with Crippen LogP contribution in [0.25, 0.3) is 0 Å². The van der Waals surface area contributed by atoms with E-state index in [9.17, 15) is 22.8 Å². The minimum atomic E-state index is -1.71. The van der Waals surface area contributed by atoms with Crippen LogP contribution in [-0.2, 0) is 9.59 Å². The van der Waals surface area contributed by atoms with E-state index in [-0.39, 0.29) is 12.8 Å². The number of hydrogen-bond acceptors (Lipinski definition) is 2. The van der Waals surface area contributed by atoms with Gasteiger partial charge in [-0.1, -0.05) is 6.42 Å². The standard InChI is InChI=1S/C12H10F3NO3/c13-6-2-3-7(9(15)8(6)14)16-10(17)12(11(18)19)4-1-5-12/h2-3H,1,4-5H2,(H,16,17)(H,18,19). The van der Waals surface area contributed by atoms with Crippen LogP contribution in [0, 0.1) is 22.9 Å². The van der Waals surface area contributed by atoms with Gasteiger partial charge in [-0.2, -0.15) is 0 Å². The first-order chi connectivity index (χ1) is 8.88. The lowest BCUT2D eigenvalue weighted by Gasteiger charge is -2.35. The molecule has 0 spiro atoms. The Hall–Kier alpha value is -2.05. The molecular weight excluding hydrogens is 263 g/mol. The molecular formula is C12H10F3NO3. The molecule has 102 valence electrons. The highest BCUT2D eigenvalue weighted by atomic mass is 19.2. The van der Waals surface area contributed by atoms with Crippen molar-refractivity contribution in [3.63, 3.8) is 0 Å². The van der Waals surface area contributed by atoms with E-state index in [2.05, 4.69) is 0 Å². The van der Waals surface area contributed by atoms with Crippen LogP contribution in [-0.4, -0.2) is 17.0 Å². The lowest BCUT2D eigenvalue weighted by Crippen LogP contribution is -2.48. The number of anilines is 1. The minimum Gasteiger partial charge on any atom is -0.480 e. The summed E-state index contributed by atoms with van der Waals surface area (Å²) in [4.78, 5) is 22.9. The van der Waals surface area contributed by atoms with Gasteiger partial charge in [0.05, 0.1) is 5.69 Å². The smallest absolute Gasteiger partial charge is 0.319 e. The number of carboxylic acid groups (broad SMARTS) is 1. The van der Waals surface area contributed by atoms with Crippen molar-refractivity contribution in [2.75, 3.05) is 5.32 Å². The first-order valence-corrected chi connectivity index (χ1v) is 5.57. The van der Waals surface area contributed by atoms with Gasteiger partial charge < -0.3 is 10.4 Å². The van der Waals surface area contributed by atoms with Crippen LogP contribution >= 0.6 is 0 Å². The fourth-order valence-electron chi connectivity index (χ4n) is 1.93. The fourth-order valence-corrected chi connectivity index (χ4v) is 1.93. The third-order valence-corrected chi connectivity index (χ3v) is 3.33. The molecule has 1 aliphatic carbocycles. The molecule has 1 aromatic carbocycles. The molecule has 0 bridgehead atoms. The second-order valence-electron chi connectivity index (χ2n) is 4.42. The van der Waals surface area contributed by atoms with Crippen LogP contribution in [0.2, 0.25) is 0 Å². The summed E-state index contributed by atoms with van der Waals surface area (Å²) in [5, 5.41) is 11.0. The van der Waals surface area contributed by atoms with Gasteiger partial charge >= 0.3 is 5.97 Å². The van der Waals surface area contributed by atoms with Gasteiger partial charge in [0.2, 0.25) is 5.91 Å².